The van der Waals surface area contributed by atoms with E-state index in [2.05, 4.69) is 44.8 Å². The number of nitrogens with one attached hydrogen (secondary N) is 2. The highest BCUT2D eigenvalue weighted by Crippen LogP contribution is 2.28. The minimum atomic E-state index is 0.776. The highest BCUT2D eigenvalue weighted by atomic mass is 16.5. The van der Waals surface area contributed by atoms with E-state index >= 15 is 0 Å². The molecule has 0 aromatic heterocycles. The molecule has 0 unspecified atom stereocenters. The molecular weight excluding hydrogens is 340 g/mol. The summed E-state index contributed by atoms with van der Waals surface area (Å²) in [6.45, 7) is 8.07. The van der Waals surface area contributed by atoms with Crippen molar-refractivity contribution in [2.45, 2.75) is 32.4 Å². The number of hydrogen-bond acceptors (Lipinski definition) is 4. The largest absolute Gasteiger partial charge is 0.381 e. The van der Waals surface area contributed by atoms with Gasteiger partial charge in [0, 0.05) is 53.0 Å². The van der Waals surface area contributed by atoms with Crippen LogP contribution in [-0.2, 0) is 22.6 Å². The zero-order valence-electron chi connectivity index (χ0n) is 16.6. The van der Waals surface area contributed by atoms with Crippen molar-refractivity contribution >= 4 is 5.96 Å². The first-order valence-electron chi connectivity index (χ1n) is 10.2. The molecule has 150 valence electrons. The van der Waals surface area contributed by atoms with Crippen molar-refractivity contribution in [2.24, 2.45) is 10.9 Å². The van der Waals surface area contributed by atoms with Crippen LogP contribution >= 0.6 is 0 Å². The second-order valence-electron chi connectivity index (χ2n) is 7.38. The fourth-order valence-electron chi connectivity index (χ4n) is 3.20. The number of guanidine groups is 1. The summed E-state index contributed by atoms with van der Waals surface area (Å²) >= 11 is 0. The second kappa shape index (κ2) is 11.3. The van der Waals surface area contributed by atoms with Crippen LogP contribution < -0.4 is 10.6 Å². The molecule has 0 amide bonds. The minimum absolute atomic E-state index is 0.776. The van der Waals surface area contributed by atoms with E-state index in [4.69, 9.17) is 9.47 Å². The Morgan fingerprint density at radius 1 is 1.19 bits per heavy atom. The van der Waals surface area contributed by atoms with Crippen LogP contribution in [0.5, 0.6) is 0 Å². The quantitative estimate of drug-likeness (QED) is 0.373. The molecule has 3 rings (SSSR count). The Labute approximate surface area is 163 Å². The molecule has 0 radical (unpaired) electrons. The first kappa shape index (κ1) is 20.1. The summed E-state index contributed by atoms with van der Waals surface area (Å²) in [5, 5.41) is 6.81. The number of nitrogens with zero attached hydrogens (tertiary/aromatic N) is 2. The lowest BCUT2D eigenvalue weighted by Crippen LogP contribution is -2.38. The Kier molecular flexibility index (Phi) is 8.39. The van der Waals surface area contributed by atoms with Gasteiger partial charge in [0.1, 0.15) is 0 Å². The van der Waals surface area contributed by atoms with Crippen molar-refractivity contribution < 1.29 is 9.47 Å². The number of aliphatic imine (C=N–C) groups is 1. The van der Waals surface area contributed by atoms with Gasteiger partial charge in [-0.15, -0.1) is 0 Å². The fraction of sp³-hybridized carbons (Fsp3) is 0.667. The summed E-state index contributed by atoms with van der Waals surface area (Å²) in [6, 6.07) is 8.64. The topological polar surface area (TPSA) is 58.1 Å². The molecule has 1 aliphatic carbocycles. The van der Waals surface area contributed by atoms with Gasteiger partial charge in [0.25, 0.3) is 0 Å². The maximum atomic E-state index is 5.68. The predicted molar refractivity (Wildman–Crippen MR) is 109 cm³/mol. The smallest absolute Gasteiger partial charge is 0.191 e. The van der Waals surface area contributed by atoms with E-state index in [1.165, 1.54) is 24.0 Å². The molecule has 27 heavy (non-hydrogen) atoms. The molecule has 6 nitrogen and oxygen atoms in total. The van der Waals surface area contributed by atoms with Crippen LogP contribution in [0.15, 0.2) is 29.3 Å². The molecule has 1 saturated carbocycles. The Bertz CT molecular complexity index is 583. The van der Waals surface area contributed by atoms with E-state index in [1.54, 1.807) is 0 Å². The SMILES string of the molecule is CN=C(NCCCOCC1CC1)NCc1ccccc1CN1CCOCC1. The third-order valence-corrected chi connectivity index (χ3v) is 5.09. The molecule has 1 saturated heterocycles. The summed E-state index contributed by atoms with van der Waals surface area (Å²) in [6.07, 6.45) is 3.70. The summed E-state index contributed by atoms with van der Waals surface area (Å²) in [5.74, 6) is 1.68. The molecule has 1 aliphatic heterocycles. The lowest BCUT2D eigenvalue weighted by Gasteiger charge is -2.27. The van der Waals surface area contributed by atoms with E-state index in [0.29, 0.717) is 0 Å². The molecule has 1 heterocycles. The second-order valence-corrected chi connectivity index (χ2v) is 7.38. The average molecular weight is 375 g/mol. The van der Waals surface area contributed by atoms with E-state index in [9.17, 15) is 0 Å². The van der Waals surface area contributed by atoms with Gasteiger partial charge in [-0.2, -0.15) is 0 Å². The summed E-state index contributed by atoms with van der Waals surface area (Å²) in [4.78, 5) is 6.79. The monoisotopic (exact) mass is 374 g/mol. The minimum Gasteiger partial charge on any atom is -0.381 e. The number of ether oxygens (including phenoxy) is 2. The Morgan fingerprint density at radius 3 is 2.70 bits per heavy atom. The van der Waals surface area contributed by atoms with Gasteiger partial charge in [0.15, 0.2) is 5.96 Å². The Hall–Kier alpha value is -1.63. The first-order chi connectivity index (χ1) is 13.3. The summed E-state index contributed by atoms with van der Waals surface area (Å²) in [7, 11) is 1.82. The van der Waals surface area contributed by atoms with Gasteiger partial charge in [-0.25, -0.2) is 0 Å². The summed E-state index contributed by atoms with van der Waals surface area (Å²) in [5.41, 5.74) is 2.69. The van der Waals surface area contributed by atoms with Gasteiger partial charge >= 0.3 is 0 Å². The Morgan fingerprint density at radius 2 is 1.96 bits per heavy atom. The standard InChI is InChI=1S/C21H34N4O2/c1-22-21(23-9-4-12-27-17-18-7-8-18)24-15-19-5-2-3-6-20(19)16-25-10-13-26-14-11-25/h2-3,5-6,18H,4,7-17H2,1H3,(H2,22,23,24). The molecule has 1 aromatic rings. The normalized spacial score (nSPS) is 18.5. The highest BCUT2D eigenvalue weighted by Gasteiger charge is 2.20. The molecule has 2 aliphatic rings. The van der Waals surface area contributed by atoms with E-state index in [0.717, 1.165) is 77.4 Å². The van der Waals surface area contributed by atoms with E-state index in [-0.39, 0.29) is 0 Å². The number of morpholine rings is 1. The molecule has 0 bridgehead atoms. The van der Waals surface area contributed by atoms with Crippen LogP contribution in [-0.4, -0.2) is 64.0 Å². The predicted octanol–water partition coefficient (Wildman–Crippen LogP) is 2.00. The van der Waals surface area contributed by atoms with Crippen molar-refractivity contribution in [1.29, 1.82) is 0 Å². The van der Waals surface area contributed by atoms with Gasteiger partial charge in [0.05, 0.1) is 13.2 Å². The molecule has 1 aromatic carbocycles. The van der Waals surface area contributed by atoms with E-state index in [1.807, 2.05) is 7.05 Å². The zero-order chi connectivity index (χ0) is 18.7. The van der Waals surface area contributed by atoms with Crippen molar-refractivity contribution in [3.05, 3.63) is 35.4 Å². The van der Waals surface area contributed by atoms with Crippen molar-refractivity contribution in [3.63, 3.8) is 0 Å². The highest BCUT2D eigenvalue weighted by molar-refractivity contribution is 5.79. The van der Waals surface area contributed by atoms with Gasteiger partial charge < -0.3 is 20.1 Å². The number of rotatable bonds is 10. The van der Waals surface area contributed by atoms with Gasteiger partial charge in [0.2, 0.25) is 0 Å². The molecule has 6 heteroatoms. The van der Waals surface area contributed by atoms with Gasteiger partial charge in [-0.1, -0.05) is 24.3 Å². The maximum absolute atomic E-state index is 5.68. The third-order valence-electron chi connectivity index (χ3n) is 5.09. The van der Waals surface area contributed by atoms with Crippen molar-refractivity contribution in [1.82, 2.24) is 15.5 Å². The molecular formula is C21H34N4O2. The van der Waals surface area contributed by atoms with Crippen LogP contribution in [0, 0.1) is 5.92 Å². The lowest BCUT2D eigenvalue weighted by atomic mass is 10.1. The zero-order valence-corrected chi connectivity index (χ0v) is 16.6. The number of benzene rings is 1. The molecule has 2 fully saturated rings. The third kappa shape index (κ3) is 7.48. The van der Waals surface area contributed by atoms with Crippen molar-refractivity contribution in [3.8, 4) is 0 Å². The Balaban J connectivity index is 1.38. The van der Waals surface area contributed by atoms with Crippen LogP contribution in [0.3, 0.4) is 0 Å². The molecule has 0 spiro atoms. The molecule has 0 atom stereocenters. The number of hydrogen-bond donors (Lipinski definition) is 2. The van der Waals surface area contributed by atoms with Crippen LogP contribution in [0.2, 0.25) is 0 Å². The van der Waals surface area contributed by atoms with Crippen molar-refractivity contribution in [2.75, 3.05) is 53.1 Å². The fourth-order valence-corrected chi connectivity index (χ4v) is 3.20. The van der Waals surface area contributed by atoms with Gasteiger partial charge in [-0.3, -0.25) is 9.89 Å². The van der Waals surface area contributed by atoms with Gasteiger partial charge in [-0.05, 0) is 36.3 Å². The maximum Gasteiger partial charge on any atom is 0.191 e. The van der Waals surface area contributed by atoms with Crippen LogP contribution in [0.25, 0.3) is 0 Å². The lowest BCUT2D eigenvalue weighted by molar-refractivity contribution is 0.0341. The molecule has 2 N–H and O–H groups in total. The summed E-state index contributed by atoms with van der Waals surface area (Å²) < 4.78 is 11.1. The van der Waals surface area contributed by atoms with Crippen LogP contribution in [0.1, 0.15) is 30.4 Å². The first-order valence-corrected chi connectivity index (χ1v) is 10.2. The van der Waals surface area contributed by atoms with E-state index < -0.39 is 0 Å². The van der Waals surface area contributed by atoms with Crippen LogP contribution in [0.4, 0.5) is 0 Å². The average Bonchev–Trinajstić information content (AvgIpc) is 3.53.